The summed E-state index contributed by atoms with van der Waals surface area (Å²) >= 11 is 0. The van der Waals surface area contributed by atoms with Gasteiger partial charge in [-0.25, -0.2) is 19.6 Å². The monoisotopic (exact) mass is 513 g/mol. The van der Waals surface area contributed by atoms with E-state index in [9.17, 15) is 4.79 Å². The summed E-state index contributed by atoms with van der Waals surface area (Å²) in [6.07, 6.45) is 3.61. The van der Waals surface area contributed by atoms with E-state index < -0.39 is 0 Å². The van der Waals surface area contributed by atoms with Crippen molar-refractivity contribution in [3.05, 3.63) is 46.6 Å². The summed E-state index contributed by atoms with van der Waals surface area (Å²) in [5.74, 6) is 8.14. The van der Waals surface area contributed by atoms with Gasteiger partial charge in [-0.15, -0.1) is 5.92 Å². The molecule has 0 spiro atoms. The molecule has 0 bridgehead atoms. The van der Waals surface area contributed by atoms with Gasteiger partial charge in [-0.1, -0.05) is 18.1 Å². The maximum absolute atomic E-state index is 13.8. The highest BCUT2D eigenvalue weighted by Crippen LogP contribution is 2.26. The Morgan fingerprint density at radius 2 is 1.92 bits per heavy atom. The van der Waals surface area contributed by atoms with E-state index >= 15 is 0 Å². The van der Waals surface area contributed by atoms with Gasteiger partial charge < -0.3 is 20.3 Å². The lowest BCUT2D eigenvalue weighted by molar-refractivity contribution is 0.122. The second-order valence-electron chi connectivity index (χ2n) is 9.69. The van der Waals surface area contributed by atoms with Gasteiger partial charge >= 0.3 is 0 Å². The Morgan fingerprint density at radius 3 is 2.74 bits per heavy atom. The number of anilines is 2. The summed E-state index contributed by atoms with van der Waals surface area (Å²) in [6, 6.07) is 8.03. The minimum absolute atomic E-state index is 0.0785. The summed E-state index contributed by atoms with van der Waals surface area (Å²) in [7, 11) is 0. The minimum atomic E-state index is -0.245. The third-order valence-electron chi connectivity index (χ3n) is 7.12. The van der Waals surface area contributed by atoms with E-state index in [4.69, 9.17) is 25.4 Å². The van der Waals surface area contributed by atoms with Crippen LogP contribution in [0.1, 0.15) is 25.6 Å². The molecule has 0 aliphatic carbocycles. The predicted molar refractivity (Wildman–Crippen MR) is 146 cm³/mol. The lowest BCUT2D eigenvalue weighted by Gasteiger charge is -2.31. The van der Waals surface area contributed by atoms with Gasteiger partial charge in [0, 0.05) is 37.6 Å². The van der Waals surface area contributed by atoms with E-state index in [1.54, 1.807) is 13.1 Å². The zero-order valence-corrected chi connectivity index (χ0v) is 21.5. The van der Waals surface area contributed by atoms with Crippen molar-refractivity contribution >= 4 is 33.7 Å². The molecule has 0 radical (unpaired) electrons. The van der Waals surface area contributed by atoms with Crippen LogP contribution >= 0.6 is 0 Å². The van der Waals surface area contributed by atoms with Crippen molar-refractivity contribution in [3.63, 3.8) is 0 Å². The SMILES string of the molecule is CC#CCn1c(N2CCC[C@@H](N)C2)nc2cnn(Cc3nc(N4CCOCC4)c4ccccc4n3)c(=O)c21. The van der Waals surface area contributed by atoms with Gasteiger partial charge in [0.15, 0.2) is 5.82 Å². The Bertz CT molecular complexity index is 1590. The number of imidazole rings is 1. The zero-order valence-electron chi connectivity index (χ0n) is 21.5. The van der Waals surface area contributed by atoms with Crippen molar-refractivity contribution < 1.29 is 4.74 Å². The maximum atomic E-state index is 13.8. The zero-order chi connectivity index (χ0) is 26.1. The molecule has 2 aliphatic heterocycles. The number of nitrogens with two attached hydrogens (primary N) is 1. The maximum Gasteiger partial charge on any atom is 0.293 e. The quantitative estimate of drug-likeness (QED) is 0.395. The van der Waals surface area contributed by atoms with Crippen molar-refractivity contribution in [1.29, 1.82) is 0 Å². The molecule has 2 saturated heterocycles. The van der Waals surface area contributed by atoms with Gasteiger partial charge in [-0.2, -0.15) is 5.10 Å². The molecule has 0 unspecified atom stereocenters. The van der Waals surface area contributed by atoms with E-state index in [0.29, 0.717) is 49.1 Å². The molecule has 5 heterocycles. The lowest BCUT2D eigenvalue weighted by atomic mass is 10.1. The number of aromatic nitrogens is 6. The summed E-state index contributed by atoms with van der Waals surface area (Å²) < 4.78 is 8.85. The number of para-hydroxylation sites is 1. The smallest absolute Gasteiger partial charge is 0.293 e. The summed E-state index contributed by atoms with van der Waals surface area (Å²) in [4.78, 5) is 32.6. The third kappa shape index (κ3) is 4.57. The molecule has 0 saturated carbocycles. The fourth-order valence-corrected chi connectivity index (χ4v) is 5.25. The van der Waals surface area contributed by atoms with Gasteiger partial charge in [0.25, 0.3) is 5.56 Å². The Hall–Kier alpha value is -4.01. The fraction of sp³-hybridized carbons (Fsp3) is 0.444. The number of nitrogens with zero attached hydrogens (tertiary/aromatic N) is 8. The van der Waals surface area contributed by atoms with Crippen molar-refractivity contribution in [1.82, 2.24) is 29.3 Å². The van der Waals surface area contributed by atoms with Crippen molar-refractivity contribution in [2.45, 2.75) is 38.9 Å². The van der Waals surface area contributed by atoms with Crippen LogP contribution in [0.5, 0.6) is 0 Å². The van der Waals surface area contributed by atoms with Gasteiger partial charge in [0.1, 0.15) is 23.4 Å². The first-order chi connectivity index (χ1) is 18.6. The van der Waals surface area contributed by atoms with E-state index in [1.165, 1.54) is 4.68 Å². The van der Waals surface area contributed by atoms with Gasteiger partial charge in [-0.05, 0) is 31.9 Å². The van der Waals surface area contributed by atoms with Crippen LogP contribution in [0.2, 0.25) is 0 Å². The van der Waals surface area contributed by atoms with Crippen LogP contribution in [0, 0.1) is 11.8 Å². The minimum Gasteiger partial charge on any atom is -0.378 e. The normalized spacial score (nSPS) is 18.1. The average Bonchev–Trinajstić information content (AvgIpc) is 3.32. The summed E-state index contributed by atoms with van der Waals surface area (Å²) in [5, 5.41) is 5.44. The lowest BCUT2D eigenvalue weighted by Crippen LogP contribution is -2.44. The largest absolute Gasteiger partial charge is 0.378 e. The average molecular weight is 514 g/mol. The first kappa shape index (κ1) is 24.3. The number of ether oxygens (including phenoxy) is 1. The van der Waals surface area contributed by atoms with Crippen LogP contribution in [0.3, 0.4) is 0 Å². The highest BCUT2D eigenvalue weighted by molar-refractivity contribution is 5.89. The fourth-order valence-electron chi connectivity index (χ4n) is 5.25. The van der Waals surface area contributed by atoms with Crippen LogP contribution < -0.4 is 21.1 Å². The van der Waals surface area contributed by atoms with Gasteiger partial charge in [0.2, 0.25) is 5.95 Å². The molecule has 196 valence electrons. The van der Waals surface area contributed by atoms with Gasteiger partial charge in [0.05, 0.1) is 31.5 Å². The molecule has 2 aliphatic rings. The molecular formula is C27H31N9O2. The standard InChI is InChI=1S/C27H31N9O2/c1-2-3-11-35-24-22(31-27(35)34-10-6-7-19(28)17-34)16-29-36(26(24)37)18-23-30-21-9-5-4-8-20(21)25(32-23)33-12-14-38-15-13-33/h4-5,8-9,16,19H,6-7,10-15,17-18,28H2,1H3/t19-/m1/s1. The van der Waals surface area contributed by atoms with Gasteiger partial charge in [-0.3, -0.25) is 9.36 Å². The number of rotatable bonds is 5. The third-order valence-corrected chi connectivity index (χ3v) is 7.12. The highest BCUT2D eigenvalue weighted by atomic mass is 16.5. The molecule has 11 heteroatoms. The number of hydrogen-bond donors (Lipinski definition) is 1. The van der Waals surface area contributed by atoms with E-state index in [2.05, 4.69) is 26.7 Å². The Morgan fingerprint density at radius 1 is 1.08 bits per heavy atom. The Balaban J connectivity index is 1.42. The van der Waals surface area contributed by atoms with E-state index in [1.807, 2.05) is 28.8 Å². The topological polar surface area (TPSA) is 120 Å². The van der Waals surface area contributed by atoms with Crippen LogP contribution in [0.15, 0.2) is 35.3 Å². The number of hydrogen-bond acceptors (Lipinski definition) is 9. The molecule has 2 fully saturated rings. The van der Waals surface area contributed by atoms with Crippen LogP contribution in [0.25, 0.3) is 21.9 Å². The molecule has 2 N–H and O–H groups in total. The Labute approximate surface area is 220 Å². The molecule has 11 nitrogen and oxygen atoms in total. The van der Waals surface area contributed by atoms with E-state index in [0.717, 1.165) is 49.2 Å². The highest BCUT2D eigenvalue weighted by Gasteiger charge is 2.25. The summed E-state index contributed by atoms with van der Waals surface area (Å²) in [6.45, 7) is 6.65. The number of piperidine rings is 1. The molecule has 3 aromatic heterocycles. The van der Waals surface area contributed by atoms with Crippen LogP contribution in [0.4, 0.5) is 11.8 Å². The van der Waals surface area contributed by atoms with Crippen molar-refractivity contribution in [3.8, 4) is 11.8 Å². The summed E-state index contributed by atoms with van der Waals surface area (Å²) in [5.41, 5.74) is 7.86. The molecule has 4 aromatic rings. The number of morpholine rings is 1. The molecule has 6 rings (SSSR count). The first-order valence-electron chi connectivity index (χ1n) is 13.1. The molecule has 1 aromatic carbocycles. The van der Waals surface area contributed by atoms with Crippen LogP contribution in [-0.2, 0) is 17.8 Å². The molecule has 0 amide bonds. The predicted octanol–water partition coefficient (Wildman–Crippen LogP) is 1.37. The Kier molecular flexibility index (Phi) is 6.66. The number of benzene rings is 1. The van der Waals surface area contributed by atoms with E-state index in [-0.39, 0.29) is 18.1 Å². The molecule has 1 atom stereocenters. The molecular weight excluding hydrogens is 482 g/mol. The van der Waals surface area contributed by atoms with Crippen molar-refractivity contribution in [2.75, 3.05) is 49.2 Å². The van der Waals surface area contributed by atoms with Crippen LogP contribution in [-0.4, -0.2) is 74.7 Å². The number of fused-ring (bicyclic) bond motifs is 2. The first-order valence-corrected chi connectivity index (χ1v) is 13.1. The molecule has 38 heavy (non-hydrogen) atoms. The van der Waals surface area contributed by atoms with Crippen molar-refractivity contribution in [2.24, 2.45) is 5.73 Å². The second-order valence-corrected chi connectivity index (χ2v) is 9.69. The second kappa shape index (κ2) is 10.4.